The average Bonchev–Trinajstić information content (AvgIpc) is 2.37. The second-order valence-electron chi connectivity index (χ2n) is 3.92. The van der Waals surface area contributed by atoms with Crippen LogP contribution < -0.4 is 16.2 Å². The first-order chi connectivity index (χ1) is 8.63. The lowest BCUT2D eigenvalue weighted by atomic mass is 10.3. The van der Waals surface area contributed by atoms with Gasteiger partial charge >= 0.3 is 5.69 Å². The van der Waals surface area contributed by atoms with Crippen LogP contribution >= 0.6 is 0 Å². The molecule has 1 fully saturated rings. The number of aromatic nitrogens is 2. The van der Waals surface area contributed by atoms with Crippen molar-refractivity contribution in [3.05, 3.63) is 16.4 Å². The minimum Gasteiger partial charge on any atom is -0.375 e. The molecule has 9 heteroatoms. The number of morpholine rings is 1. The largest absolute Gasteiger partial charge is 0.375 e. The first-order valence-electron chi connectivity index (χ1n) is 5.46. The molecule has 3 N–H and O–H groups in total. The summed E-state index contributed by atoms with van der Waals surface area (Å²) in [5.41, 5.74) is 2.00. The number of nitrogen functional groups attached to an aromatic ring is 1. The zero-order chi connectivity index (χ0) is 13.1. The van der Waals surface area contributed by atoms with E-state index in [4.69, 9.17) is 10.6 Å². The quantitative estimate of drug-likeness (QED) is 0.435. The van der Waals surface area contributed by atoms with Crippen molar-refractivity contribution in [3.63, 3.8) is 0 Å². The Hall–Kier alpha value is -2.00. The molecule has 18 heavy (non-hydrogen) atoms. The van der Waals surface area contributed by atoms with Crippen molar-refractivity contribution in [3.8, 4) is 0 Å². The van der Waals surface area contributed by atoms with Gasteiger partial charge in [0.2, 0.25) is 11.6 Å². The number of rotatable bonds is 3. The van der Waals surface area contributed by atoms with E-state index >= 15 is 0 Å². The van der Waals surface area contributed by atoms with Crippen molar-refractivity contribution in [2.45, 2.75) is 13.0 Å². The van der Waals surface area contributed by atoms with Gasteiger partial charge in [-0.1, -0.05) is 0 Å². The van der Waals surface area contributed by atoms with E-state index in [1.807, 2.05) is 6.92 Å². The van der Waals surface area contributed by atoms with Crippen molar-refractivity contribution in [1.29, 1.82) is 0 Å². The maximum absolute atomic E-state index is 11.1. The Morgan fingerprint density at radius 1 is 1.67 bits per heavy atom. The monoisotopic (exact) mass is 254 g/mol. The molecule has 0 radical (unpaired) electrons. The highest BCUT2D eigenvalue weighted by Gasteiger charge is 2.29. The molecule has 0 amide bonds. The lowest BCUT2D eigenvalue weighted by molar-refractivity contribution is -0.383. The molecule has 0 bridgehead atoms. The van der Waals surface area contributed by atoms with Gasteiger partial charge in [-0.15, -0.1) is 0 Å². The summed E-state index contributed by atoms with van der Waals surface area (Å²) in [4.78, 5) is 20.1. The van der Waals surface area contributed by atoms with E-state index < -0.39 is 4.92 Å². The first kappa shape index (κ1) is 12.5. The Morgan fingerprint density at radius 2 is 2.44 bits per heavy atom. The Balaban J connectivity index is 2.40. The maximum Gasteiger partial charge on any atom is 0.354 e. The van der Waals surface area contributed by atoms with Crippen LogP contribution in [0, 0.1) is 10.1 Å². The third-order valence-electron chi connectivity index (χ3n) is 2.66. The standard InChI is InChI=1S/C9H14N6O3/c1-6-4-14(2-3-18-6)9-7(15(16)17)8(13-10)11-5-12-9/h5-6H,2-4,10H2,1H3,(H,11,12,13). The van der Waals surface area contributed by atoms with Gasteiger partial charge in [-0.05, 0) is 6.92 Å². The number of hydrogen-bond acceptors (Lipinski definition) is 8. The zero-order valence-corrected chi connectivity index (χ0v) is 9.87. The van der Waals surface area contributed by atoms with Gasteiger partial charge in [-0.3, -0.25) is 10.1 Å². The molecule has 2 rings (SSSR count). The molecule has 2 heterocycles. The fraction of sp³-hybridized carbons (Fsp3) is 0.556. The van der Waals surface area contributed by atoms with Crippen molar-refractivity contribution >= 4 is 17.3 Å². The highest BCUT2D eigenvalue weighted by atomic mass is 16.6. The number of nitro groups is 1. The zero-order valence-electron chi connectivity index (χ0n) is 9.87. The number of nitrogens with one attached hydrogen (secondary N) is 1. The van der Waals surface area contributed by atoms with Gasteiger partial charge in [0.05, 0.1) is 17.6 Å². The van der Waals surface area contributed by atoms with Crippen LogP contribution in [0.25, 0.3) is 0 Å². The summed E-state index contributed by atoms with van der Waals surface area (Å²) in [5, 5.41) is 11.1. The molecule has 0 aliphatic carbocycles. The van der Waals surface area contributed by atoms with Gasteiger partial charge in [0, 0.05) is 13.1 Å². The van der Waals surface area contributed by atoms with Crippen molar-refractivity contribution in [1.82, 2.24) is 9.97 Å². The molecule has 0 saturated carbocycles. The molecular formula is C9H14N6O3. The van der Waals surface area contributed by atoms with Gasteiger partial charge in [0.25, 0.3) is 0 Å². The highest BCUT2D eigenvalue weighted by Crippen LogP contribution is 2.31. The number of hydrogen-bond donors (Lipinski definition) is 2. The molecular weight excluding hydrogens is 240 g/mol. The molecule has 0 spiro atoms. The van der Waals surface area contributed by atoms with Crippen molar-refractivity contribution in [2.24, 2.45) is 5.84 Å². The fourth-order valence-electron chi connectivity index (χ4n) is 1.89. The van der Waals surface area contributed by atoms with Gasteiger partial charge in [-0.25, -0.2) is 15.8 Å². The minimum absolute atomic E-state index is 0.00241. The first-order valence-corrected chi connectivity index (χ1v) is 5.46. The van der Waals surface area contributed by atoms with Crippen LogP contribution in [0.3, 0.4) is 0 Å². The molecule has 1 unspecified atom stereocenters. The van der Waals surface area contributed by atoms with Crippen LogP contribution in [-0.2, 0) is 4.74 Å². The maximum atomic E-state index is 11.1. The predicted octanol–water partition coefficient (Wildman–Crippen LogP) is -0.105. The summed E-state index contributed by atoms with van der Waals surface area (Å²) in [6.45, 7) is 3.50. The summed E-state index contributed by atoms with van der Waals surface area (Å²) in [5.74, 6) is 5.49. The topological polar surface area (TPSA) is 119 Å². The molecule has 9 nitrogen and oxygen atoms in total. The summed E-state index contributed by atoms with van der Waals surface area (Å²) in [7, 11) is 0. The molecule has 98 valence electrons. The third kappa shape index (κ3) is 2.31. The summed E-state index contributed by atoms with van der Waals surface area (Å²) < 4.78 is 5.39. The van der Waals surface area contributed by atoms with Crippen LogP contribution in [0.15, 0.2) is 6.33 Å². The van der Waals surface area contributed by atoms with Crippen molar-refractivity contribution < 1.29 is 9.66 Å². The van der Waals surface area contributed by atoms with E-state index in [1.54, 1.807) is 4.90 Å². The van der Waals surface area contributed by atoms with Crippen LogP contribution in [0.2, 0.25) is 0 Å². The van der Waals surface area contributed by atoms with Crippen LogP contribution in [-0.4, -0.2) is 40.7 Å². The number of ether oxygens (including phenoxy) is 1. The third-order valence-corrected chi connectivity index (χ3v) is 2.66. The Bertz CT molecular complexity index is 454. The fourth-order valence-corrected chi connectivity index (χ4v) is 1.89. The van der Waals surface area contributed by atoms with Gasteiger partial charge in [0.1, 0.15) is 6.33 Å². The average molecular weight is 254 g/mol. The minimum atomic E-state index is -0.537. The molecule has 1 aromatic heterocycles. The van der Waals surface area contributed by atoms with E-state index in [2.05, 4.69) is 15.4 Å². The smallest absolute Gasteiger partial charge is 0.354 e. The van der Waals surface area contributed by atoms with Crippen LogP contribution in [0.4, 0.5) is 17.3 Å². The number of hydrazine groups is 1. The molecule has 1 aromatic rings. The van der Waals surface area contributed by atoms with E-state index in [-0.39, 0.29) is 23.4 Å². The summed E-state index contributed by atoms with van der Waals surface area (Å²) in [6, 6.07) is 0. The van der Waals surface area contributed by atoms with E-state index in [0.717, 1.165) is 0 Å². The molecule has 0 aromatic carbocycles. The van der Waals surface area contributed by atoms with E-state index in [0.29, 0.717) is 19.7 Å². The second-order valence-corrected chi connectivity index (χ2v) is 3.92. The summed E-state index contributed by atoms with van der Waals surface area (Å²) >= 11 is 0. The Labute approximate surface area is 103 Å². The molecule has 1 aliphatic rings. The number of nitrogens with two attached hydrogens (primary N) is 1. The van der Waals surface area contributed by atoms with Gasteiger partial charge < -0.3 is 15.1 Å². The molecule has 1 atom stereocenters. The van der Waals surface area contributed by atoms with Crippen LogP contribution in [0.5, 0.6) is 0 Å². The number of anilines is 2. The highest BCUT2D eigenvalue weighted by molar-refractivity contribution is 5.70. The van der Waals surface area contributed by atoms with E-state index in [9.17, 15) is 10.1 Å². The lowest BCUT2D eigenvalue weighted by Gasteiger charge is -2.31. The van der Waals surface area contributed by atoms with Gasteiger partial charge in [0.15, 0.2) is 0 Å². The van der Waals surface area contributed by atoms with Crippen molar-refractivity contribution in [2.75, 3.05) is 30.0 Å². The Kier molecular flexibility index (Phi) is 3.53. The lowest BCUT2D eigenvalue weighted by Crippen LogP contribution is -2.42. The Morgan fingerprint density at radius 3 is 3.06 bits per heavy atom. The molecule has 1 aliphatic heterocycles. The predicted molar refractivity (Wildman–Crippen MR) is 64.1 cm³/mol. The van der Waals surface area contributed by atoms with Crippen LogP contribution in [0.1, 0.15) is 6.92 Å². The molecule has 1 saturated heterocycles. The summed E-state index contributed by atoms with van der Waals surface area (Å²) in [6.07, 6.45) is 1.25. The van der Waals surface area contributed by atoms with E-state index in [1.165, 1.54) is 6.33 Å². The second kappa shape index (κ2) is 5.10. The van der Waals surface area contributed by atoms with Gasteiger partial charge in [-0.2, -0.15) is 0 Å². The SMILES string of the molecule is CC1CN(c2ncnc(NN)c2[N+](=O)[O-])CCO1. The normalized spacial score (nSPS) is 19.7. The number of nitrogens with zero attached hydrogens (tertiary/aromatic N) is 4.